The number of nitrogens with two attached hydrogens (primary N) is 2. The number of primary amides is 1. The van der Waals surface area contributed by atoms with Gasteiger partial charge in [-0.25, -0.2) is 4.79 Å². The second-order valence-corrected chi connectivity index (χ2v) is 14.1. The zero-order chi connectivity index (χ0) is 40.4. The predicted molar refractivity (Wildman–Crippen MR) is 200 cm³/mol. The van der Waals surface area contributed by atoms with Crippen LogP contribution in [-0.4, -0.2) is 94.4 Å². The molecule has 1 aromatic carbocycles. The van der Waals surface area contributed by atoms with Gasteiger partial charge in [0.15, 0.2) is 0 Å². The molecule has 1 aromatic rings. The molecule has 0 fully saturated rings. The van der Waals surface area contributed by atoms with Crippen LogP contribution < -0.4 is 43.8 Å². The molecule has 0 saturated heterocycles. The summed E-state index contributed by atoms with van der Waals surface area (Å²) in [5.74, 6) is -6.74. The standard InChI is InChI=1S/C36H60N8O9/c1-7-21(6)30(44-31(47)24(15-16-27(38)46)40-33(49)28(39)19(2)3)35(51)43-29(20(4)5)34(50)42-26(18-22-11-13-23(45)14-12-22)32(48)41-25(36(52)53)10-8-9-17-37/h11-14,19-21,24-26,28-30,45H,7-10,15-18,37,39H2,1-6H3,(H2,38,46)(H,40,49)(H,41,48)(H,42,50)(H,43,51)(H,44,47)(H,52,53)/p+4/t21-,24-,25-,26-,28-,29-,30-/m0/s1. The highest BCUT2D eigenvalue weighted by Crippen LogP contribution is 2.15. The molecule has 0 spiro atoms. The van der Waals surface area contributed by atoms with Gasteiger partial charge >= 0.3 is 10.2 Å². The molecular weight excluding hydrogens is 688 g/mol. The quantitative estimate of drug-likeness (QED) is 0.0583. The molecule has 0 saturated carbocycles. The normalized spacial score (nSPS) is 15.2. The van der Waals surface area contributed by atoms with Crippen LogP contribution in [0.1, 0.15) is 89.9 Å². The van der Waals surface area contributed by atoms with Crippen LogP contribution in [0.4, 0.5) is 0 Å². The number of rotatable bonds is 24. The fourth-order valence-corrected chi connectivity index (χ4v) is 5.25. The fourth-order valence-electron chi connectivity index (χ4n) is 5.25. The average Bonchev–Trinajstić information content (AvgIpc) is 3.09. The number of quaternary nitrogens is 1. The highest BCUT2D eigenvalue weighted by Gasteiger charge is 2.35. The van der Waals surface area contributed by atoms with E-state index in [1.807, 2.05) is 0 Å². The van der Waals surface area contributed by atoms with Crippen molar-refractivity contribution in [1.82, 2.24) is 26.6 Å². The largest absolute Gasteiger partial charge is 1.00 e. The number of phenols is 1. The van der Waals surface area contributed by atoms with E-state index in [9.17, 15) is 43.8 Å². The van der Waals surface area contributed by atoms with Gasteiger partial charge in [-0.15, -0.1) is 0 Å². The first-order valence-electron chi connectivity index (χ1n) is 18.2. The number of unbranched alkanes of at least 4 members (excludes halogenated alkanes) is 1. The maximum atomic E-state index is 13.8. The van der Waals surface area contributed by atoms with Crippen molar-refractivity contribution in [3.8, 4) is 5.75 Å². The van der Waals surface area contributed by atoms with Crippen LogP contribution in [0.15, 0.2) is 24.3 Å². The molecule has 0 heterocycles. The third kappa shape index (κ3) is 16.2. The van der Waals surface area contributed by atoms with Crippen molar-refractivity contribution in [2.24, 2.45) is 29.2 Å². The van der Waals surface area contributed by atoms with Crippen LogP contribution in [0.3, 0.4) is 0 Å². The van der Waals surface area contributed by atoms with Crippen LogP contribution >= 0.6 is 0 Å². The van der Waals surface area contributed by atoms with Gasteiger partial charge in [0.1, 0.15) is 36.0 Å². The third-order valence-corrected chi connectivity index (χ3v) is 8.99. The highest BCUT2D eigenvalue weighted by molar-refractivity contribution is 5.96. The number of carbonyl (C=O) groups is 7. The summed E-state index contributed by atoms with van der Waals surface area (Å²) in [6.45, 7) is 10.9. The number of aromatic hydroxyl groups is 1. The summed E-state index contributed by atoms with van der Waals surface area (Å²) in [6, 6.07) is -1.11. The molecule has 17 nitrogen and oxygen atoms in total. The number of amides is 6. The van der Waals surface area contributed by atoms with E-state index in [-0.39, 0.29) is 41.6 Å². The Morgan fingerprint density at radius 1 is 0.717 bits per heavy atom. The van der Waals surface area contributed by atoms with E-state index in [4.69, 9.17) is 11.5 Å². The highest BCUT2D eigenvalue weighted by atomic mass is 16.4. The van der Waals surface area contributed by atoms with Crippen molar-refractivity contribution in [1.29, 1.82) is 0 Å². The zero-order valence-corrected chi connectivity index (χ0v) is 31.8. The van der Waals surface area contributed by atoms with Crippen molar-refractivity contribution in [2.45, 2.75) is 123 Å². The molecule has 17 heteroatoms. The van der Waals surface area contributed by atoms with Crippen LogP contribution in [0.5, 0.6) is 5.75 Å². The topological polar surface area (TPSA) is 300 Å². The summed E-state index contributed by atoms with van der Waals surface area (Å²) in [5, 5.41) is 32.6. The van der Waals surface area contributed by atoms with Crippen LogP contribution in [0.2, 0.25) is 0 Å². The van der Waals surface area contributed by atoms with Gasteiger partial charge in [0, 0.05) is 12.8 Å². The molecule has 298 valence electrons. The SMILES string of the molecule is CC[C@H](C)[C@H](NC(=O)[C@H](CCC(N)=O)NC(=O)[C@@H](N)C(C)C)C(=O)N[C@H](C(=O)N[C@@H](Cc1ccc(O)cc1)C(=O)N[C@@H](CCCC[NH3+])C(=O)O)C(C)C.[H+].[H+].[H+]. The number of phenolic OH excluding ortho intramolecular Hbond substituents is 1. The van der Waals surface area contributed by atoms with E-state index < -0.39 is 89.5 Å². The van der Waals surface area contributed by atoms with Gasteiger partial charge in [0.2, 0.25) is 35.4 Å². The first kappa shape index (κ1) is 46.3. The Balaban J connectivity index is -0.00000936. The Labute approximate surface area is 315 Å². The molecule has 14 N–H and O–H groups in total. The number of aliphatic carboxylic acids is 1. The lowest BCUT2D eigenvalue weighted by atomic mass is 9.95. The second-order valence-electron chi connectivity index (χ2n) is 14.1. The minimum absolute atomic E-state index is 0. The summed E-state index contributed by atoms with van der Waals surface area (Å²) < 4.78 is 0. The minimum Gasteiger partial charge on any atom is -0.508 e. The summed E-state index contributed by atoms with van der Waals surface area (Å²) >= 11 is 0. The number of nitrogens with one attached hydrogen (secondary N) is 5. The van der Waals surface area contributed by atoms with Crippen molar-refractivity contribution in [3.63, 3.8) is 0 Å². The maximum Gasteiger partial charge on any atom is 1.00 e. The maximum absolute atomic E-state index is 13.8. The van der Waals surface area contributed by atoms with E-state index in [0.29, 0.717) is 31.4 Å². The average molecular weight is 753 g/mol. The van der Waals surface area contributed by atoms with Crippen molar-refractivity contribution in [3.05, 3.63) is 29.8 Å². The smallest absolute Gasteiger partial charge is 0.508 e. The summed E-state index contributed by atoms with van der Waals surface area (Å²) in [5.41, 5.74) is 15.6. The molecule has 0 aromatic heterocycles. The molecule has 0 aliphatic heterocycles. The van der Waals surface area contributed by atoms with Gasteiger partial charge in [0.05, 0.1) is 12.6 Å². The van der Waals surface area contributed by atoms with Crippen molar-refractivity contribution >= 4 is 41.4 Å². The first-order valence-corrected chi connectivity index (χ1v) is 18.2. The van der Waals surface area contributed by atoms with Crippen molar-refractivity contribution < 1.29 is 53.8 Å². The molecule has 0 unspecified atom stereocenters. The number of carboxylic acid groups (broad SMARTS) is 1. The van der Waals surface area contributed by atoms with Gasteiger partial charge < -0.3 is 54.0 Å². The molecule has 0 aliphatic rings. The van der Waals surface area contributed by atoms with E-state index in [1.54, 1.807) is 53.7 Å². The van der Waals surface area contributed by atoms with E-state index >= 15 is 0 Å². The molecule has 0 radical (unpaired) electrons. The number of hydrogen-bond donors (Lipinski definition) is 10. The second kappa shape index (κ2) is 23.0. The Hall–Kier alpha value is -4.77. The lowest BCUT2D eigenvalue weighted by Gasteiger charge is -2.30. The van der Waals surface area contributed by atoms with Crippen LogP contribution in [-0.2, 0) is 40.0 Å². The molecule has 6 amide bonds. The van der Waals surface area contributed by atoms with Crippen molar-refractivity contribution in [2.75, 3.05) is 6.54 Å². The third-order valence-electron chi connectivity index (χ3n) is 8.99. The molecule has 7 atom stereocenters. The first-order chi connectivity index (χ1) is 24.8. The predicted octanol–water partition coefficient (Wildman–Crippen LogP) is -0.856. The number of benzene rings is 1. The minimum atomic E-state index is -1.27. The number of hydrogen-bond acceptors (Lipinski definition) is 9. The van der Waals surface area contributed by atoms with E-state index in [0.717, 1.165) is 0 Å². The lowest BCUT2D eigenvalue weighted by Crippen LogP contribution is -2.61. The Morgan fingerprint density at radius 2 is 1.25 bits per heavy atom. The fraction of sp³-hybridized carbons (Fsp3) is 0.639. The molecule has 0 aliphatic carbocycles. The van der Waals surface area contributed by atoms with Gasteiger partial charge in [-0.05, 0) is 61.1 Å². The van der Waals surface area contributed by atoms with Crippen LogP contribution in [0.25, 0.3) is 0 Å². The summed E-state index contributed by atoms with van der Waals surface area (Å²) in [4.78, 5) is 91.0. The van der Waals surface area contributed by atoms with Gasteiger partial charge in [-0.3, -0.25) is 28.8 Å². The monoisotopic (exact) mass is 752 g/mol. The molecule has 53 heavy (non-hydrogen) atoms. The summed E-state index contributed by atoms with van der Waals surface area (Å²) in [7, 11) is 0. The van der Waals surface area contributed by atoms with E-state index in [1.165, 1.54) is 12.1 Å². The summed E-state index contributed by atoms with van der Waals surface area (Å²) in [6.07, 6.45) is 1.32. The van der Waals surface area contributed by atoms with Gasteiger partial charge in [0.25, 0.3) is 0 Å². The van der Waals surface area contributed by atoms with Gasteiger partial charge in [-0.2, -0.15) is 0 Å². The van der Waals surface area contributed by atoms with Gasteiger partial charge in [-0.1, -0.05) is 60.1 Å². The Bertz CT molecular complexity index is 1410. The molecule has 1 rings (SSSR count). The number of carbonyl (C=O) groups excluding carboxylic acids is 6. The Kier molecular flexibility index (Phi) is 20.1. The zero-order valence-electron chi connectivity index (χ0n) is 34.8. The van der Waals surface area contributed by atoms with E-state index in [2.05, 4.69) is 32.3 Å². The lowest BCUT2D eigenvalue weighted by molar-refractivity contribution is -0.368. The molecule has 0 bridgehead atoms. The number of carboxylic acids is 1. The Morgan fingerprint density at radius 3 is 1.75 bits per heavy atom. The van der Waals surface area contributed by atoms with Crippen LogP contribution in [0, 0.1) is 17.8 Å². The molecular formula is C36H64N8O9+4.